The Bertz CT molecular complexity index is 400. The van der Waals surface area contributed by atoms with Gasteiger partial charge in [0.05, 0.1) is 0 Å². The first-order chi connectivity index (χ1) is 9.15. The molecule has 1 unspecified atom stereocenters. The summed E-state index contributed by atoms with van der Waals surface area (Å²) < 4.78 is 5.89. The highest BCUT2D eigenvalue weighted by Gasteiger charge is 2.15. The van der Waals surface area contributed by atoms with Crippen LogP contribution >= 0.6 is 0 Å². The number of nitrogens with one attached hydrogen (secondary N) is 1. The maximum atomic E-state index is 5.89. The lowest BCUT2D eigenvalue weighted by atomic mass is 10.1. The zero-order chi connectivity index (χ0) is 13.7. The molecule has 0 aromatic heterocycles. The first-order valence-electron chi connectivity index (χ1n) is 7.27. The summed E-state index contributed by atoms with van der Waals surface area (Å²) in [5.41, 5.74) is 2.47. The first kappa shape index (κ1) is 14.4. The monoisotopic (exact) mass is 262 g/mol. The molecule has 0 amide bonds. The van der Waals surface area contributed by atoms with Crippen molar-refractivity contribution in [2.75, 3.05) is 33.3 Å². The molecule has 3 heteroatoms. The number of aryl methyl sites for hydroxylation is 2. The summed E-state index contributed by atoms with van der Waals surface area (Å²) in [6.07, 6.45) is 2.62. The Morgan fingerprint density at radius 1 is 1.37 bits per heavy atom. The molecule has 1 N–H and O–H groups in total. The number of hydrogen-bond acceptors (Lipinski definition) is 3. The SMILES string of the molecule is Cc1ccc(C)c(OCCN(C)CC2CCCN2)c1. The van der Waals surface area contributed by atoms with Crippen LogP contribution < -0.4 is 10.1 Å². The average molecular weight is 262 g/mol. The maximum Gasteiger partial charge on any atom is 0.122 e. The van der Waals surface area contributed by atoms with Crippen molar-refractivity contribution in [3.05, 3.63) is 29.3 Å². The fraction of sp³-hybridized carbons (Fsp3) is 0.625. The van der Waals surface area contributed by atoms with Gasteiger partial charge in [0.25, 0.3) is 0 Å². The number of rotatable bonds is 6. The molecule has 1 saturated heterocycles. The van der Waals surface area contributed by atoms with Crippen molar-refractivity contribution < 1.29 is 4.74 Å². The lowest BCUT2D eigenvalue weighted by Gasteiger charge is -2.21. The zero-order valence-corrected chi connectivity index (χ0v) is 12.4. The quantitative estimate of drug-likeness (QED) is 0.852. The molecule has 3 nitrogen and oxygen atoms in total. The summed E-state index contributed by atoms with van der Waals surface area (Å²) >= 11 is 0. The molecule has 106 valence electrons. The van der Waals surface area contributed by atoms with E-state index in [4.69, 9.17) is 4.74 Å². The smallest absolute Gasteiger partial charge is 0.122 e. The molecule has 1 aliphatic heterocycles. The minimum Gasteiger partial charge on any atom is -0.492 e. The molecule has 0 aliphatic carbocycles. The van der Waals surface area contributed by atoms with E-state index in [2.05, 4.69) is 49.3 Å². The van der Waals surface area contributed by atoms with E-state index in [0.717, 1.165) is 25.4 Å². The molecule has 1 heterocycles. The molecule has 1 aliphatic rings. The molecule has 0 saturated carbocycles. The van der Waals surface area contributed by atoms with Crippen molar-refractivity contribution in [1.29, 1.82) is 0 Å². The van der Waals surface area contributed by atoms with Gasteiger partial charge < -0.3 is 15.0 Å². The van der Waals surface area contributed by atoms with Crippen molar-refractivity contribution in [2.45, 2.75) is 32.7 Å². The van der Waals surface area contributed by atoms with Gasteiger partial charge in [-0.25, -0.2) is 0 Å². The second-order valence-corrected chi connectivity index (χ2v) is 5.67. The summed E-state index contributed by atoms with van der Waals surface area (Å²) in [4.78, 5) is 2.36. The van der Waals surface area contributed by atoms with Crippen molar-refractivity contribution in [3.8, 4) is 5.75 Å². The van der Waals surface area contributed by atoms with Crippen LogP contribution in [0.1, 0.15) is 24.0 Å². The first-order valence-corrected chi connectivity index (χ1v) is 7.27. The van der Waals surface area contributed by atoms with E-state index >= 15 is 0 Å². The number of benzene rings is 1. The van der Waals surface area contributed by atoms with Gasteiger partial charge in [0, 0.05) is 19.1 Å². The van der Waals surface area contributed by atoms with Gasteiger partial charge in [-0.05, 0) is 57.5 Å². The number of likely N-dealkylation sites (N-methyl/N-ethyl adjacent to an activating group) is 1. The van der Waals surface area contributed by atoms with Crippen LogP contribution in [0.5, 0.6) is 5.75 Å². The van der Waals surface area contributed by atoms with Gasteiger partial charge in [-0.3, -0.25) is 0 Å². The van der Waals surface area contributed by atoms with Gasteiger partial charge in [0.15, 0.2) is 0 Å². The second-order valence-electron chi connectivity index (χ2n) is 5.67. The second kappa shape index (κ2) is 6.92. The van der Waals surface area contributed by atoms with Gasteiger partial charge in [-0.1, -0.05) is 12.1 Å². The Balaban J connectivity index is 1.71. The lowest BCUT2D eigenvalue weighted by molar-refractivity contribution is 0.225. The highest BCUT2D eigenvalue weighted by Crippen LogP contribution is 2.18. The zero-order valence-electron chi connectivity index (χ0n) is 12.4. The number of ether oxygens (including phenoxy) is 1. The minimum atomic E-state index is 0.672. The van der Waals surface area contributed by atoms with Crippen LogP contribution in [-0.4, -0.2) is 44.2 Å². The standard InChI is InChI=1S/C16H26N2O/c1-13-6-7-14(2)16(11-13)19-10-9-18(3)12-15-5-4-8-17-15/h6-7,11,15,17H,4-5,8-10,12H2,1-3H3. The highest BCUT2D eigenvalue weighted by molar-refractivity contribution is 5.35. The Hall–Kier alpha value is -1.06. The fourth-order valence-electron chi connectivity index (χ4n) is 2.55. The molecule has 0 spiro atoms. The van der Waals surface area contributed by atoms with Gasteiger partial charge >= 0.3 is 0 Å². The third kappa shape index (κ3) is 4.51. The third-order valence-electron chi connectivity index (χ3n) is 3.77. The summed E-state index contributed by atoms with van der Waals surface area (Å²) in [5, 5.41) is 3.53. The molecule has 19 heavy (non-hydrogen) atoms. The number of hydrogen-bond donors (Lipinski definition) is 1. The van der Waals surface area contributed by atoms with E-state index in [1.165, 1.54) is 30.5 Å². The molecule has 1 aromatic rings. The van der Waals surface area contributed by atoms with Crippen LogP contribution in [0.3, 0.4) is 0 Å². The molecule has 0 bridgehead atoms. The molecule has 1 aromatic carbocycles. The molecular weight excluding hydrogens is 236 g/mol. The molecular formula is C16H26N2O. The van der Waals surface area contributed by atoms with Gasteiger partial charge in [0.2, 0.25) is 0 Å². The van der Waals surface area contributed by atoms with Crippen LogP contribution in [0, 0.1) is 13.8 Å². The summed E-state index contributed by atoms with van der Waals surface area (Å²) in [5.74, 6) is 1.02. The van der Waals surface area contributed by atoms with Gasteiger partial charge in [-0.2, -0.15) is 0 Å². The normalized spacial score (nSPS) is 19.1. The molecule has 0 radical (unpaired) electrons. The van der Waals surface area contributed by atoms with Crippen molar-refractivity contribution in [3.63, 3.8) is 0 Å². The van der Waals surface area contributed by atoms with Gasteiger partial charge in [0.1, 0.15) is 12.4 Å². The molecule has 1 atom stereocenters. The Morgan fingerprint density at radius 2 is 2.21 bits per heavy atom. The Kier molecular flexibility index (Phi) is 5.23. The van der Waals surface area contributed by atoms with Crippen molar-refractivity contribution >= 4 is 0 Å². The minimum absolute atomic E-state index is 0.672. The van der Waals surface area contributed by atoms with Gasteiger partial charge in [-0.15, -0.1) is 0 Å². The lowest BCUT2D eigenvalue weighted by Crippen LogP contribution is -2.37. The topological polar surface area (TPSA) is 24.5 Å². The average Bonchev–Trinajstić information content (AvgIpc) is 2.86. The van der Waals surface area contributed by atoms with E-state index in [1.807, 2.05) is 0 Å². The largest absolute Gasteiger partial charge is 0.492 e. The predicted octanol–water partition coefficient (Wildman–Crippen LogP) is 2.37. The third-order valence-corrected chi connectivity index (χ3v) is 3.77. The predicted molar refractivity (Wildman–Crippen MR) is 79.9 cm³/mol. The van der Waals surface area contributed by atoms with Crippen LogP contribution in [0.4, 0.5) is 0 Å². The van der Waals surface area contributed by atoms with Crippen molar-refractivity contribution in [1.82, 2.24) is 10.2 Å². The van der Waals surface area contributed by atoms with E-state index in [1.54, 1.807) is 0 Å². The van der Waals surface area contributed by atoms with E-state index in [9.17, 15) is 0 Å². The van der Waals surface area contributed by atoms with Crippen LogP contribution in [0.15, 0.2) is 18.2 Å². The summed E-state index contributed by atoms with van der Waals surface area (Å²) in [6.45, 7) is 8.23. The van der Waals surface area contributed by atoms with E-state index in [-0.39, 0.29) is 0 Å². The maximum absolute atomic E-state index is 5.89. The molecule has 2 rings (SSSR count). The van der Waals surface area contributed by atoms with E-state index < -0.39 is 0 Å². The number of nitrogens with zero attached hydrogens (tertiary/aromatic N) is 1. The molecule has 1 fully saturated rings. The van der Waals surface area contributed by atoms with Crippen LogP contribution in [-0.2, 0) is 0 Å². The Morgan fingerprint density at radius 3 is 2.95 bits per heavy atom. The highest BCUT2D eigenvalue weighted by atomic mass is 16.5. The van der Waals surface area contributed by atoms with Crippen LogP contribution in [0.2, 0.25) is 0 Å². The van der Waals surface area contributed by atoms with Crippen LogP contribution in [0.25, 0.3) is 0 Å². The summed E-state index contributed by atoms with van der Waals surface area (Å²) in [7, 11) is 2.17. The summed E-state index contributed by atoms with van der Waals surface area (Å²) in [6, 6.07) is 7.04. The Labute approximate surface area is 116 Å². The van der Waals surface area contributed by atoms with E-state index in [0.29, 0.717) is 6.04 Å². The van der Waals surface area contributed by atoms with Crippen molar-refractivity contribution in [2.24, 2.45) is 0 Å². The fourth-order valence-corrected chi connectivity index (χ4v) is 2.55.